The number of hydrogen-bond donors (Lipinski definition) is 1. The van der Waals surface area contributed by atoms with E-state index in [9.17, 15) is 4.79 Å². The number of carbonyl (C=O) groups is 1. The van der Waals surface area contributed by atoms with Crippen LogP contribution in [0.2, 0.25) is 0 Å². The minimum Gasteiger partial charge on any atom is -0.481 e. The van der Waals surface area contributed by atoms with Crippen LogP contribution in [0.25, 0.3) is 0 Å². The molecule has 0 aromatic heterocycles. The molecule has 1 heterocycles. The lowest BCUT2D eigenvalue weighted by molar-refractivity contribution is -0.139. The van der Waals surface area contributed by atoms with Gasteiger partial charge in [-0.3, -0.25) is 9.69 Å². The van der Waals surface area contributed by atoms with Crippen molar-refractivity contribution < 1.29 is 9.90 Å². The Morgan fingerprint density at radius 1 is 1.61 bits per heavy atom. The first kappa shape index (κ1) is 12.6. The summed E-state index contributed by atoms with van der Waals surface area (Å²) in [7, 11) is 0. The second-order valence-corrected chi connectivity index (χ2v) is 4.83. The van der Waals surface area contributed by atoms with E-state index < -0.39 is 5.97 Å². The number of carboxylic acids is 1. The van der Waals surface area contributed by atoms with Crippen LogP contribution in [0.3, 0.4) is 0 Å². The van der Waals surface area contributed by atoms with E-state index in [1.54, 1.807) is 6.07 Å². The van der Waals surface area contributed by atoms with Crippen molar-refractivity contribution in [2.24, 2.45) is 5.92 Å². The molecule has 94 valence electrons. The molecule has 1 fully saturated rings. The molecule has 1 unspecified atom stereocenters. The molecule has 0 aliphatic carbocycles. The number of carboxylic acid groups (broad SMARTS) is 1. The van der Waals surface area contributed by atoms with Crippen molar-refractivity contribution in [1.29, 1.82) is 5.26 Å². The Labute approximate surface area is 106 Å². The third-order valence-corrected chi connectivity index (χ3v) is 3.49. The summed E-state index contributed by atoms with van der Waals surface area (Å²) in [6.45, 7) is 3.74. The highest BCUT2D eigenvalue weighted by molar-refractivity contribution is 5.67. The van der Waals surface area contributed by atoms with Gasteiger partial charge in [0.25, 0.3) is 0 Å². The van der Waals surface area contributed by atoms with Gasteiger partial charge in [-0.2, -0.15) is 5.26 Å². The lowest BCUT2D eigenvalue weighted by atomic mass is 9.92. The number of hydrogen-bond acceptors (Lipinski definition) is 3. The van der Waals surface area contributed by atoms with Crippen LogP contribution in [0.5, 0.6) is 0 Å². The zero-order valence-corrected chi connectivity index (χ0v) is 10.3. The molecule has 18 heavy (non-hydrogen) atoms. The summed E-state index contributed by atoms with van der Waals surface area (Å²) in [5, 5.41) is 17.6. The normalized spacial score (nSPS) is 17.8. The molecule has 4 nitrogen and oxygen atoms in total. The van der Waals surface area contributed by atoms with Crippen LogP contribution >= 0.6 is 0 Å². The van der Waals surface area contributed by atoms with E-state index in [4.69, 9.17) is 10.4 Å². The van der Waals surface area contributed by atoms with E-state index in [-0.39, 0.29) is 18.4 Å². The van der Waals surface area contributed by atoms with E-state index >= 15 is 0 Å². The minimum atomic E-state index is -0.723. The molecule has 1 aliphatic heterocycles. The molecule has 4 heteroatoms. The molecule has 0 radical (unpaired) electrons. The summed E-state index contributed by atoms with van der Waals surface area (Å²) in [4.78, 5) is 12.8. The highest BCUT2D eigenvalue weighted by Crippen LogP contribution is 2.30. The minimum absolute atomic E-state index is 0.239. The van der Waals surface area contributed by atoms with Crippen LogP contribution < -0.4 is 0 Å². The summed E-state index contributed by atoms with van der Waals surface area (Å²) in [5.41, 5.74) is 1.78. The zero-order chi connectivity index (χ0) is 13.1. The topological polar surface area (TPSA) is 64.3 Å². The lowest BCUT2D eigenvalue weighted by Gasteiger charge is -2.42. The third-order valence-electron chi connectivity index (χ3n) is 3.49. The molecule has 1 aliphatic rings. The van der Waals surface area contributed by atoms with E-state index in [1.807, 2.05) is 18.2 Å². The van der Waals surface area contributed by atoms with Crippen molar-refractivity contribution in [3.05, 3.63) is 35.4 Å². The van der Waals surface area contributed by atoms with Crippen molar-refractivity contribution in [2.45, 2.75) is 19.4 Å². The Morgan fingerprint density at radius 3 is 2.94 bits per heavy atom. The molecular weight excluding hydrogens is 228 g/mol. The molecular formula is C14H16N2O2. The highest BCUT2D eigenvalue weighted by Gasteiger charge is 2.32. The molecule has 0 saturated carbocycles. The summed E-state index contributed by atoms with van der Waals surface area (Å²) in [6.07, 6.45) is 0.251. The standard InChI is InChI=1S/C14H16N2O2/c1-10(13-4-2-3-11(5-13)7-15)16-8-12(9-16)6-14(17)18/h2-5,10,12H,6,8-9H2,1H3,(H,17,18). The number of benzene rings is 1. The third kappa shape index (κ3) is 2.69. The summed E-state index contributed by atoms with van der Waals surface area (Å²) in [5.74, 6) is -0.456. The summed E-state index contributed by atoms with van der Waals surface area (Å²) in [6, 6.07) is 9.96. The highest BCUT2D eigenvalue weighted by atomic mass is 16.4. The first-order valence-corrected chi connectivity index (χ1v) is 6.06. The van der Waals surface area contributed by atoms with Crippen molar-refractivity contribution in [3.8, 4) is 6.07 Å². The molecule has 0 bridgehead atoms. The van der Waals surface area contributed by atoms with Gasteiger partial charge in [-0.05, 0) is 30.5 Å². The van der Waals surface area contributed by atoms with Crippen molar-refractivity contribution in [1.82, 2.24) is 4.90 Å². The van der Waals surface area contributed by atoms with Gasteiger partial charge in [-0.25, -0.2) is 0 Å². The van der Waals surface area contributed by atoms with Gasteiger partial charge in [0.15, 0.2) is 0 Å². The average molecular weight is 244 g/mol. The molecule has 0 spiro atoms. The molecule has 1 N–H and O–H groups in total. The number of nitriles is 1. The van der Waals surface area contributed by atoms with E-state index in [2.05, 4.69) is 17.9 Å². The summed E-state index contributed by atoms with van der Waals surface area (Å²) < 4.78 is 0. The summed E-state index contributed by atoms with van der Waals surface area (Å²) >= 11 is 0. The Balaban J connectivity index is 1.95. The second kappa shape index (κ2) is 5.19. The van der Waals surface area contributed by atoms with E-state index in [1.165, 1.54) is 0 Å². The van der Waals surface area contributed by atoms with Crippen LogP contribution in [-0.2, 0) is 4.79 Å². The molecule has 2 rings (SSSR count). The van der Waals surface area contributed by atoms with Gasteiger partial charge in [0.2, 0.25) is 0 Å². The average Bonchev–Trinajstić information content (AvgIpc) is 2.32. The lowest BCUT2D eigenvalue weighted by Crippen LogP contribution is -2.48. The van der Waals surface area contributed by atoms with Gasteiger partial charge in [-0.15, -0.1) is 0 Å². The van der Waals surface area contributed by atoms with Gasteiger partial charge in [0, 0.05) is 19.1 Å². The Kier molecular flexibility index (Phi) is 3.63. The number of nitrogens with zero attached hydrogens (tertiary/aromatic N) is 2. The van der Waals surface area contributed by atoms with Gasteiger partial charge in [0.1, 0.15) is 0 Å². The van der Waals surface area contributed by atoms with Crippen LogP contribution in [0.4, 0.5) is 0 Å². The van der Waals surface area contributed by atoms with E-state index in [0.29, 0.717) is 5.56 Å². The van der Waals surface area contributed by atoms with Crippen molar-refractivity contribution in [2.75, 3.05) is 13.1 Å². The SMILES string of the molecule is CC(c1cccc(C#N)c1)N1CC(CC(=O)O)C1. The van der Waals surface area contributed by atoms with Gasteiger partial charge in [0.05, 0.1) is 18.1 Å². The van der Waals surface area contributed by atoms with Gasteiger partial charge < -0.3 is 5.11 Å². The molecule has 1 aromatic carbocycles. The Bertz CT molecular complexity index is 487. The largest absolute Gasteiger partial charge is 0.481 e. The van der Waals surface area contributed by atoms with Crippen LogP contribution in [0.15, 0.2) is 24.3 Å². The fourth-order valence-electron chi connectivity index (χ4n) is 2.38. The first-order valence-electron chi connectivity index (χ1n) is 6.06. The van der Waals surface area contributed by atoms with Crippen molar-refractivity contribution in [3.63, 3.8) is 0 Å². The van der Waals surface area contributed by atoms with Gasteiger partial charge in [-0.1, -0.05) is 12.1 Å². The van der Waals surface area contributed by atoms with Crippen LogP contribution in [0, 0.1) is 17.2 Å². The molecule has 0 amide bonds. The fourth-order valence-corrected chi connectivity index (χ4v) is 2.38. The quantitative estimate of drug-likeness (QED) is 0.880. The maximum Gasteiger partial charge on any atom is 0.303 e. The molecule has 1 atom stereocenters. The smallest absolute Gasteiger partial charge is 0.303 e. The Hall–Kier alpha value is -1.86. The fraction of sp³-hybridized carbons (Fsp3) is 0.429. The molecule has 1 saturated heterocycles. The van der Waals surface area contributed by atoms with Gasteiger partial charge >= 0.3 is 5.97 Å². The Morgan fingerprint density at radius 2 is 2.33 bits per heavy atom. The second-order valence-electron chi connectivity index (χ2n) is 4.83. The number of likely N-dealkylation sites (tertiary alicyclic amines) is 1. The monoisotopic (exact) mass is 244 g/mol. The van der Waals surface area contributed by atoms with Crippen LogP contribution in [-0.4, -0.2) is 29.1 Å². The van der Waals surface area contributed by atoms with Crippen LogP contribution in [0.1, 0.15) is 30.5 Å². The molecule has 1 aromatic rings. The van der Waals surface area contributed by atoms with Crippen molar-refractivity contribution >= 4 is 5.97 Å². The number of rotatable bonds is 4. The first-order chi connectivity index (χ1) is 8.60. The maximum absolute atomic E-state index is 10.6. The predicted octanol–water partition coefficient (Wildman–Crippen LogP) is 2.03. The maximum atomic E-state index is 10.6. The number of aliphatic carboxylic acids is 1. The van der Waals surface area contributed by atoms with E-state index in [0.717, 1.165) is 18.7 Å². The zero-order valence-electron chi connectivity index (χ0n) is 10.3. The predicted molar refractivity (Wildman–Crippen MR) is 66.9 cm³/mol.